The van der Waals surface area contributed by atoms with Gasteiger partial charge in [-0.1, -0.05) is 12.1 Å². The summed E-state index contributed by atoms with van der Waals surface area (Å²) < 4.78 is 13.2. The lowest BCUT2D eigenvalue weighted by atomic mass is 10.0. The summed E-state index contributed by atoms with van der Waals surface area (Å²) in [5.74, 6) is 0.485. The van der Waals surface area contributed by atoms with Gasteiger partial charge in [0.25, 0.3) is 0 Å². The lowest BCUT2D eigenvalue weighted by molar-refractivity contribution is 0.609. The van der Waals surface area contributed by atoms with E-state index in [0.717, 1.165) is 5.56 Å². The zero-order chi connectivity index (χ0) is 12.3. The van der Waals surface area contributed by atoms with E-state index in [0.29, 0.717) is 11.4 Å². The van der Waals surface area contributed by atoms with Gasteiger partial charge in [-0.25, -0.2) is 14.4 Å². The fourth-order valence-electron chi connectivity index (χ4n) is 1.75. The maximum atomic E-state index is 13.2. The summed E-state index contributed by atoms with van der Waals surface area (Å²) in [6, 6.07) is 6.69. The van der Waals surface area contributed by atoms with Crippen LogP contribution < -0.4 is 5.32 Å². The van der Waals surface area contributed by atoms with E-state index in [9.17, 15) is 4.39 Å². The number of nitrogens with zero attached hydrogens (tertiary/aromatic N) is 2. The first-order valence-electron chi connectivity index (χ1n) is 5.42. The Hall–Kier alpha value is -1.81. The monoisotopic (exact) mass is 231 g/mol. The smallest absolute Gasteiger partial charge is 0.149 e. The van der Waals surface area contributed by atoms with Gasteiger partial charge in [0.05, 0.1) is 6.04 Å². The highest BCUT2D eigenvalue weighted by Crippen LogP contribution is 2.20. The number of aromatic nitrogens is 2. The van der Waals surface area contributed by atoms with E-state index in [1.165, 1.54) is 6.07 Å². The van der Waals surface area contributed by atoms with Gasteiger partial charge in [0.2, 0.25) is 0 Å². The van der Waals surface area contributed by atoms with Crippen molar-refractivity contribution in [2.24, 2.45) is 0 Å². The van der Waals surface area contributed by atoms with Gasteiger partial charge in [-0.05, 0) is 37.2 Å². The molecular formula is C13H14FN3. The number of rotatable bonds is 3. The van der Waals surface area contributed by atoms with Crippen LogP contribution in [-0.4, -0.2) is 17.0 Å². The molecule has 88 valence electrons. The highest BCUT2D eigenvalue weighted by molar-refractivity contribution is 5.29. The second kappa shape index (κ2) is 5.01. The minimum atomic E-state index is -0.197. The summed E-state index contributed by atoms with van der Waals surface area (Å²) in [6.07, 6.45) is 3.39. The van der Waals surface area contributed by atoms with Crippen LogP contribution in [0.15, 0.2) is 36.7 Å². The molecule has 17 heavy (non-hydrogen) atoms. The van der Waals surface area contributed by atoms with Crippen LogP contribution in [0.3, 0.4) is 0 Å². The Morgan fingerprint density at radius 3 is 2.53 bits per heavy atom. The number of halogens is 1. The molecule has 0 aliphatic heterocycles. The van der Waals surface area contributed by atoms with Crippen LogP contribution in [0.25, 0.3) is 0 Å². The minimum absolute atomic E-state index is 0.115. The SMILES string of the molecule is CNC(c1ccc(F)c(C)c1)c1ncccn1. The highest BCUT2D eigenvalue weighted by atomic mass is 19.1. The van der Waals surface area contributed by atoms with E-state index < -0.39 is 0 Å². The number of nitrogens with one attached hydrogen (secondary N) is 1. The molecule has 0 spiro atoms. The molecule has 0 saturated carbocycles. The van der Waals surface area contributed by atoms with Crippen molar-refractivity contribution >= 4 is 0 Å². The van der Waals surface area contributed by atoms with E-state index in [-0.39, 0.29) is 11.9 Å². The van der Waals surface area contributed by atoms with Gasteiger partial charge in [0, 0.05) is 12.4 Å². The van der Waals surface area contributed by atoms with Gasteiger partial charge in [0.1, 0.15) is 11.6 Å². The van der Waals surface area contributed by atoms with Gasteiger partial charge >= 0.3 is 0 Å². The van der Waals surface area contributed by atoms with E-state index in [2.05, 4.69) is 15.3 Å². The molecule has 1 atom stereocenters. The first-order chi connectivity index (χ1) is 8.22. The third-order valence-corrected chi connectivity index (χ3v) is 2.65. The molecular weight excluding hydrogens is 217 g/mol. The van der Waals surface area contributed by atoms with Crippen LogP contribution in [0.2, 0.25) is 0 Å². The van der Waals surface area contributed by atoms with Crippen molar-refractivity contribution in [3.8, 4) is 0 Å². The predicted octanol–water partition coefficient (Wildman–Crippen LogP) is 2.23. The van der Waals surface area contributed by atoms with Crippen LogP contribution in [0, 0.1) is 12.7 Å². The zero-order valence-electron chi connectivity index (χ0n) is 9.81. The molecule has 0 fully saturated rings. The molecule has 0 aliphatic carbocycles. The molecule has 0 radical (unpaired) electrons. The molecule has 1 unspecified atom stereocenters. The van der Waals surface area contributed by atoms with Gasteiger partial charge < -0.3 is 5.32 Å². The lowest BCUT2D eigenvalue weighted by Gasteiger charge is -2.15. The van der Waals surface area contributed by atoms with Crippen LogP contribution in [-0.2, 0) is 0 Å². The van der Waals surface area contributed by atoms with Crippen LogP contribution in [0.4, 0.5) is 4.39 Å². The normalized spacial score (nSPS) is 12.4. The largest absolute Gasteiger partial charge is 0.307 e. The summed E-state index contributed by atoms with van der Waals surface area (Å²) in [6.45, 7) is 1.75. The van der Waals surface area contributed by atoms with E-state index in [4.69, 9.17) is 0 Å². The quantitative estimate of drug-likeness (QED) is 0.880. The van der Waals surface area contributed by atoms with Crippen molar-refractivity contribution in [1.82, 2.24) is 15.3 Å². The van der Waals surface area contributed by atoms with E-state index >= 15 is 0 Å². The van der Waals surface area contributed by atoms with Crippen LogP contribution in [0.5, 0.6) is 0 Å². The lowest BCUT2D eigenvalue weighted by Crippen LogP contribution is -2.20. The summed E-state index contributed by atoms with van der Waals surface area (Å²) in [5.41, 5.74) is 1.58. The Balaban J connectivity index is 2.39. The molecule has 4 heteroatoms. The van der Waals surface area contributed by atoms with E-state index in [1.807, 2.05) is 13.1 Å². The molecule has 0 amide bonds. The highest BCUT2D eigenvalue weighted by Gasteiger charge is 2.15. The van der Waals surface area contributed by atoms with Crippen molar-refractivity contribution in [2.75, 3.05) is 7.05 Å². The first-order valence-corrected chi connectivity index (χ1v) is 5.42. The molecule has 1 aromatic carbocycles. The standard InChI is InChI=1S/C13H14FN3/c1-9-8-10(4-5-11(9)14)12(15-2)13-16-6-3-7-17-13/h3-8,12,15H,1-2H3. The van der Waals surface area contributed by atoms with Crippen molar-refractivity contribution in [2.45, 2.75) is 13.0 Å². The maximum Gasteiger partial charge on any atom is 0.149 e. The Kier molecular flexibility index (Phi) is 3.44. The van der Waals surface area contributed by atoms with Crippen molar-refractivity contribution in [1.29, 1.82) is 0 Å². The number of aryl methyl sites for hydroxylation is 1. The van der Waals surface area contributed by atoms with Crippen LogP contribution in [0.1, 0.15) is 23.0 Å². The molecule has 3 nitrogen and oxygen atoms in total. The van der Waals surface area contributed by atoms with Crippen molar-refractivity contribution < 1.29 is 4.39 Å². The number of hydrogen-bond donors (Lipinski definition) is 1. The Morgan fingerprint density at radius 2 is 1.94 bits per heavy atom. The minimum Gasteiger partial charge on any atom is -0.307 e. The molecule has 2 rings (SSSR count). The van der Waals surface area contributed by atoms with Crippen molar-refractivity contribution in [3.63, 3.8) is 0 Å². The number of benzene rings is 1. The van der Waals surface area contributed by atoms with Crippen LogP contribution >= 0.6 is 0 Å². The van der Waals surface area contributed by atoms with Crippen molar-refractivity contribution in [3.05, 3.63) is 59.4 Å². The molecule has 2 aromatic rings. The van der Waals surface area contributed by atoms with Gasteiger partial charge in [-0.3, -0.25) is 0 Å². The third-order valence-electron chi connectivity index (χ3n) is 2.65. The first kappa shape index (κ1) is 11.7. The Bertz CT molecular complexity index is 499. The summed E-state index contributed by atoms with van der Waals surface area (Å²) in [4.78, 5) is 8.42. The second-order valence-electron chi connectivity index (χ2n) is 3.84. The topological polar surface area (TPSA) is 37.8 Å². The Labute approximate surface area is 99.7 Å². The molecule has 0 aliphatic rings. The second-order valence-corrected chi connectivity index (χ2v) is 3.84. The van der Waals surface area contributed by atoms with Gasteiger partial charge in [-0.2, -0.15) is 0 Å². The number of hydrogen-bond acceptors (Lipinski definition) is 3. The van der Waals surface area contributed by atoms with E-state index in [1.54, 1.807) is 31.5 Å². The van der Waals surface area contributed by atoms with Gasteiger partial charge in [-0.15, -0.1) is 0 Å². The molecule has 1 aromatic heterocycles. The summed E-state index contributed by atoms with van der Waals surface area (Å²) in [5, 5.41) is 3.13. The third kappa shape index (κ3) is 2.47. The van der Waals surface area contributed by atoms with Gasteiger partial charge in [0.15, 0.2) is 0 Å². The maximum absolute atomic E-state index is 13.2. The fourth-order valence-corrected chi connectivity index (χ4v) is 1.75. The molecule has 0 bridgehead atoms. The molecule has 1 heterocycles. The molecule has 1 N–H and O–H groups in total. The predicted molar refractivity (Wildman–Crippen MR) is 64.1 cm³/mol. The summed E-state index contributed by atoms with van der Waals surface area (Å²) in [7, 11) is 1.83. The Morgan fingerprint density at radius 1 is 1.24 bits per heavy atom. The zero-order valence-corrected chi connectivity index (χ0v) is 9.81. The average Bonchev–Trinajstić information content (AvgIpc) is 2.36. The molecule has 0 saturated heterocycles. The fraction of sp³-hybridized carbons (Fsp3) is 0.231. The average molecular weight is 231 g/mol. The summed E-state index contributed by atoms with van der Waals surface area (Å²) >= 11 is 0.